The molecule has 3 atom stereocenters. The Hall–Kier alpha value is -3.03. The van der Waals surface area contributed by atoms with Crippen molar-refractivity contribution in [1.29, 1.82) is 0 Å². The maximum absolute atomic E-state index is 12.9. The van der Waals surface area contributed by atoms with Crippen LogP contribution < -0.4 is 16.0 Å². The highest BCUT2D eigenvalue weighted by atomic mass is 32.1. The van der Waals surface area contributed by atoms with Gasteiger partial charge in [-0.2, -0.15) is 12.6 Å². The Morgan fingerprint density at radius 1 is 0.675 bits per heavy atom. The standard InChI is InChI=1S/C26H45N3O10S/c1-15(30)36-13-17(20(32)28-18(14-40)22(34)38-25(5,6)7)27-19(31)12-11-16(21(33)37-24(2,3)4)29-23(35)39-26(8,9)10/h16-18,40H,11-14H2,1-10H3,(H,27,31)(H,28,32)(H,29,35)/t16-,17-,18-/m0/s1. The molecule has 0 bridgehead atoms. The Bertz CT molecular complexity index is 919. The predicted molar refractivity (Wildman–Crippen MR) is 148 cm³/mol. The molecule has 14 heteroatoms. The van der Waals surface area contributed by atoms with E-state index in [-0.39, 0.29) is 18.6 Å². The van der Waals surface area contributed by atoms with Crippen LogP contribution in [0.4, 0.5) is 4.79 Å². The van der Waals surface area contributed by atoms with Crippen LogP contribution in [0.1, 0.15) is 82.1 Å². The van der Waals surface area contributed by atoms with Gasteiger partial charge < -0.3 is 34.9 Å². The lowest BCUT2D eigenvalue weighted by molar-refractivity contribution is -0.158. The number of rotatable bonds is 12. The first kappa shape index (κ1) is 37.0. The SMILES string of the molecule is CC(=O)OC[C@H](NC(=O)CC[C@H](NC(=O)OC(C)(C)C)C(=O)OC(C)(C)C)C(=O)N[C@@H](CS)C(=O)OC(C)(C)C. The molecule has 0 heterocycles. The van der Waals surface area contributed by atoms with E-state index in [0.717, 1.165) is 6.92 Å². The van der Waals surface area contributed by atoms with Crippen molar-refractivity contribution in [3.05, 3.63) is 0 Å². The van der Waals surface area contributed by atoms with E-state index >= 15 is 0 Å². The number of alkyl carbamates (subject to hydrolysis) is 1. The van der Waals surface area contributed by atoms with E-state index in [4.69, 9.17) is 18.9 Å². The number of amides is 3. The van der Waals surface area contributed by atoms with Crippen molar-refractivity contribution in [2.75, 3.05) is 12.4 Å². The first-order chi connectivity index (χ1) is 18.0. The molecular weight excluding hydrogens is 546 g/mol. The first-order valence-electron chi connectivity index (χ1n) is 12.8. The highest BCUT2D eigenvalue weighted by molar-refractivity contribution is 7.80. The zero-order valence-corrected chi connectivity index (χ0v) is 26.0. The van der Waals surface area contributed by atoms with Crippen LogP contribution >= 0.6 is 12.6 Å². The summed E-state index contributed by atoms with van der Waals surface area (Å²) in [7, 11) is 0. The fourth-order valence-corrected chi connectivity index (χ4v) is 3.06. The zero-order chi connectivity index (χ0) is 31.5. The average molecular weight is 592 g/mol. The van der Waals surface area contributed by atoms with Crippen LogP contribution in [0.3, 0.4) is 0 Å². The minimum absolute atomic E-state index is 0.0945. The van der Waals surface area contributed by atoms with E-state index in [1.165, 1.54) is 0 Å². The molecule has 0 aromatic carbocycles. The molecule has 0 aromatic rings. The molecule has 0 saturated heterocycles. The number of ether oxygens (including phenoxy) is 4. The van der Waals surface area contributed by atoms with E-state index in [1.54, 1.807) is 62.3 Å². The Labute approximate surface area is 241 Å². The molecule has 0 aliphatic carbocycles. The van der Waals surface area contributed by atoms with Gasteiger partial charge in [0.15, 0.2) is 0 Å². The fraction of sp³-hybridized carbons (Fsp3) is 0.769. The van der Waals surface area contributed by atoms with E-state index in [2.05, 4.69) is 28.6 Å². The summed E-state index contributed by atoms with van der Waals surface area (Å²) >= 11 is 4.08. The van der Waals surface area contributed by atoms with Gasteiger partial charge in [-0.1, -0.05) is 0 Å². The maximum atomic E-state index is 12.9. The summed E-state index contributed by atoms with van der Waals surface area (Å²) in [6.45, 7) is 15.5. The lowest BCUT2D eigenvalue weighted by Gasteiger charge is -2.26. The molecule has 0 fully saturated rings. The second-order valence-electron chi connectivity index (χ2n) is 12.0. The quantitative estimate of drug-likeness (QED) is 0.149. The fourth-order valence-electron chi connectivity index (χ4n) is 2.82. The summed E-state index contributed by atoms with van der Waals surface area (Å²) in [5.74, 6) is -3.84. The lowest BCUT2D eigenvalue weighted by atomic mass is 10.1. The summed E-state index contributed by atoms with van der Waals surface area (Å²) in [5.41, 5.74) is -2.51. The molecule has 0 unspecified atom stereocenters. The molecule has 40 heavy (non-hydrogen) atoms. The van der Waals surface area contributed by atoms with Crippen LogP contribution in [0.5, 0.6) is 0 Å². The third-order valence-corrected chi connectivity index (χ3v) is 4.70. The molecule has 0 aliphatic rings. The van der Waals surface area contributed by atoms with Crippen molar-refractivity contribution in [1.82, 2.24) is 16.0 Å². The minimum Gasteiger partial charge on any atom is -0.463 e. The van der Waals surface area contributed by atoms with Gasteiger partial charge >= 0.3 is 24.0 Å². The van der Waals surface area contributed by atoms with Crippen molar-refractivity contribution in [3.63, 3.8) is 0 Å². The smallest absolute Gasteiger partial charge is 0.408 e. The Morgan fingerprint density at radius 3 is 1.57 bits per heavy atom. The van der Waals surface area contributed by atoms with Crippen LogP contribution in [-0.4, -0.2) is 83.1 Å². The molecule has 13 nitrogen and oxygen atoms in total. The number of carbonyl (C=O) groups is 6. The highest BCUT2D eigenvalue weighted by Crippen LogP contribution is 2.13. The molecule has 230 valence electrons. The summed E-state index contributed by atoms with van der Waals surface area (Å²) in [5, 5.41) is 7.26. The summed E-state index contributed by atoms with van der Waals surface area (Å²) in [4.78, 5) is 74.4. The normalized spacial score (nSPS) is 14.1. The molecular formula is C26H45N3O10S. The number of carbonyl (C=O) groups excluding carboxylic acids is 6. The highest BCUT2D eigenvalue weighted by Gasteiger charge is 2.32. The van der Waals surface area contributed by atoms with Gasteiger partial charge in [-0.25, -0.2) is 14.4 Å². The second kappa shape index (κ2) is 15.7. The first-order valence-corrected chi connectivity index (χ1v) is 13.5. The van der Waals surface area contributed by atoms with Gasteiger partial charge in [-0.15, -0.1) is 0 Å². The molecule has 0 saturated carbocycles. The molecule has 0 aliphatic heterocycles. The van der Waals surface area contributed by atoms with Gasteiger partial charge in [0, 0.05) is 19.1 Å². The topological polar surface area (TPSA) is 175 Å². The molecule has 3 amide bonds. The number of hydrogen-bond donors (Lipinski definition) is 4. The Kier molecular flexibility index (Phi) is 14.5. The Morgan fingerprint density at radius 2 is 1.15 bits per heavy atom. The monoisotopic (exact) mass is 591 g/mol. The lowest BCUT2D eigenvalue weighted by Crippen LogP contribution is -2.55. The van der Waals surface area contributed by atoms with E-state index in [9.17, 15) is 28.8 Å². The van der Waals surface area contributed by atoms with E-state index in [1.807, 2.05) is 0 Å². The zero-order valence-electron chi connectivity index (χ0n) is 25.1. The van der Waals surface area contributed by atoms with Crippen LogP contribution in [0.15, 0.2) is 0 Å². The molecule has 0 aromatic heterocycles. The maximum Gasteiger partial charge on any atom is 0.408 e. The number of esters is 3. The third kappa shape index (κ3) is 17.5. The second-order valence-corrected chi connectivity index (χ2v) is 12.3. The van der Waals surface area contributed by atoms with Crippen LogP contribution in [-0.2, 0) is 42.9 Å². The number of thiol groups is 1. The van der Waals surface area contributed by atoms with Gasteiger partial charge in [0.05, 0.1) is 0 Å². The van der Waals surface area contributed by atoms with Crippen molar-refractivity contribution in [2.24, 2.45) is 0 Å². The van der Waals surface area contributed by atoms with Crippen LogP contribution in [0.2, 0.25) is 0 Å². The molecule has 0 rings (SSSR count). The van der Waals surface area contributed by atoms with Crippen LogP contribution in [0, 0.1) is 0 Å². The van der Waals surface area contributed by atoms with Crippen molar-refractivity contribution < 1.29 is 47.7 Å². The van der Waals surface area contributed by atoms with Gasteiger partial charge in [0.2, 0.25) is 11.8 Å². The van der Waals surface area contributed by atoms with Gasteiger partial charge in [0.1, 0.15) is 41.5 Å². The third-order valence-electron chi connectivity index (χ3n) is 4.34. The average Bonchev–Trinajstić information content (AvgIpc) is 2.73. The molecule has 0 radical (unpaired) electrons. The van der Waals surface area contributed by atoms with Crippen molar-refractivity contribution in [2.45, 2.75) is 117 Å². The summed E-state index contributed by atoms with van der Waals surface area (Å²) in [6.07, 6.45) is -1.40. The largest absolute Gasteiger partial charge is 0.463 e. The number of hydrogen-bond acceptors (Lipinski definition) is 11. The van der Waals surface area contributed by atoms with Gasteiger partial charge in [0.25, 0.3) is 0 Å². The van der Waals surface area contributed by atoms with E-state index < -0.39 is 77.4 Å². The molecule has 3 N–H and O–H groups in total. The summed E-state index contributed by atoms with van der Waals surface area (Å²) < 4.78 is 20.7. The van der Waals surface area contributed by atoms with Crippen LogP contribution in [0.25, 0.3) is 0 Å². The summed E-state index contributed by atoms with van der Waals surface area (Å²) in [6, 6.07) is -3.75. The van der Waals surface area contributed by atoms with Crippen molar-refractivity contribution >= 4 is 48.4 Å². The number of nitrogens with one attached hydrogen (secondary N) is 3. The van der Waals surface area contributed by atoms with Gasteiger partial charge in [-0.3, -0.25) is 14.4 Å². The minimum atomic E-state index is -1.37. The van der Waals surface area contributed by atoms with Gasteiger partial charge in [-0.05, 0) is 68.7 Å². The Balaban J connectivity index is 5.55. The van der Waals surface area contributed by atoms with E-state index in [0.29, 0.717) is 0 Å². The predicted octanol–water partition coefficient (Wildman–Crippen LogP) is 1.81. The van der Waals surface area contributed by atoms with Crippen molar-refractivity contribution in [3.8, 4) is 0 Å². The molecule has 0 spiro atoms.